The van der Waals surface area contributed by atoms with Crippen LogP contribution in [0, 0.1) is 0 Å². The van der Waals surface area contributed by atoms with Gasteiger partial charge in [-0.15, -0.1) is 0 Å². The van der Waals surface area contributed by atoms with Crippen molar-refractivity contribution < 1.29 is 5.11 Å². The van der Waals surface area contributed by atoms with E-state index in [0.717, 1.165) is 17.3 Å². The Kier molecular flexibility index (Phi) is 3.76. The molecular formula is C9H11BrN2O. The van der Waals surface area contributed by atoms with Crippen molar-refractivity contribution in [2.24, 2.45) is 0 Å². The molecule has 1 aromatic rings. The van der Waals surface area contributed by atoms with Crippen LogP contribution < -0.4 is 5.73 Å². The van der Waals surface area contributed by atoms with Gasteiger partial charge < -0.3 is 10.8 Å². The molecule has 0 saturated carbocycles. The minimum absolute atomic E-state index is 0.0287. The first kappa shape index (κ1) is 10.1. The summed E-state index contributed by atoms with van der Waals surface area (Å²) in [6.07, 6.45) is 6.47. The summed E-state index contributed by atoms with van der Waals surface area (Å²) in [4.78, 5) is 3.82. The van der Waals surface area contributed by atoms with Crippen LogP contribution in [0.5, 0.6) is 5.75 Å². The monoisotopic (exact) mass is 242 g/mol. The summed E-state index contributed by atoms with van der Waals surface area (Å²) >= 11 is 3.31. The first-order valence-corrected chi connectivity index (χ1v) is 5.03. The van der Waals surface area contributed by atoms with E-state index in [1.165, 1.54) is 0 Å². The predicted molar refractivity (Wildman–Crippen MR) is 57.8 cm³/mol. The molecule has 1 rings (SSSR count). The summed E-state index contributed by atoms with van der Waals surface area (Å²) in [5, 5.41) is 10.2. The van der Waals surface area contributed by atoms with Crippen LogP contribution in [0.3, 0.4) is 0 Å². The van der Waals surface area contributed by atoms with Crippen LogP contribution in [-0.2, 0) is 0 Å². The van der Waals surface area contributed by atoms with Crippen molar-refractivity contribution in [2.45, 2.75) is 6.42 Å². The van der Waals surface area contributed by atoms with Crippen molar-refractivity contribution in [3.63, 3.8) is 0 Å². The fourth-order valence-corrected chi connectivity index (χ4v) is 1.12. The number of hydrogen-bond donors (Lipinski definition) is 2. The number of allylic oxidation sites excluding steroid dienone is 1. The Balaban J connectivity index is 2.73. The predicted octanol–water partition coefficient (Wildman–Crippen LogP) is 2.17. The summed E-state index contributed by atoms with van der Waals surface area (Å²) in [6.45, 7) is 0. The molecule has 0 unspecified atom stereocenters. The van der Waals surface area contributed by atoms with E-state index in [1.54, 1.807) is 12.3 Å². The number of pyridine rings is 1. The number of nitrogens with zero attached hydrogens (tertiary/aromatic N) is 1. The minimum Gasteiger partial charge on any atom is -0.504 e. The topological polar surface area (TPSA) is 59.1 Å². The minimum atomic E-state index is 0.0287. The smallest absolute Gasteiger partial charge is 0.165 e. The number of anilines is 1. The van der Waals surface area contributed by atoms with Crippen LogP contribution in [-0.4, -0.2) is 15.4 Å². The van der Waals surface area contributed by atoms with E-state index in [9.17, 15) is 5.11 Å². The van der Waals surface area contributed by atoms with E-state index in [-0.39, 0.29) is 11.6 Å². The van der Waals surface area contributed by atoms with Crippen LogP contribution >= 0.6 is 15.9 Å². The normalized spacial score (nSPS) is 10.8. The van der Waals surface area contributed by atoms with Gasteiger partial charge in [-0.1, -0.05) is 28.1 Å². The Bertz CT molecular complexity index is 312. The zero-order valence-electron chi connectivity index (χ0n) is 7.07. The summed E-state index contributed by atoms with van der Waals surface area (Å²) < 4.78 is 0. The van der Waals surface area contributed by atoms with Gasteiger partial charge in [0.2, 0.25) is 0 Å². The van der Waals surface area contributed by atoms with Crippen molar-refractivity contribution in [3.8, 4) is 5.75 Å². The second-order valence-electron chi connectivity index (χ2n) is 2.55. The third-order valence-corrected chi connectivity index (χ3v) is 1.96. The van der Waals surface area contributed by atoms with Crippen molar-refractivity contribution >= 4 is 27.8 Å². The highest BCUT2D eigenvalue weighted by atomic mass is 79.9. The SMILES string of the molecule is Nc1ncc(C=CCCBr)cc1O. The summed E-state index contributed by atoms with van der Waals surface area (Å²) in [5.41, 5.74) is 6.21. The van der Waals surface area contributed by atoms with Gasteiger partial charge in [-0.2, -0.15) is 0 Å². The lowest BCUT2D eigenvalue weighted by Gasteiger charge is -1.97. The van der Waals surface area contributed by atoms with Gasteiger partial charge in [0.05, 0.1) is 0 Å². The average molecular weight is 243 g/mol. The van der Waals surface area contributed by atoms with E-state index in [4.69, 9.17) is 5.73 Å². The van der Waals surface area contributed by atoms with Crippen LogP contribution in [0.2, 0.25) is 0 Å². The largest absolute Gasteiger partial charge is 0.504 e. The fourth-order valence-electron chi connectivity index (χ4n) is 0.853. The van der Waals surface area contributed by atoms with Crippen LogP contribution in [0.25, 0.3) is 6.08 Å². The first-order chi connectivity index (χ1) is 6.24. The molecule has 0 spiro atoms. The lowest BCUT2D eigenvalue weighted by atomic mass is 10.2. The molecule has 4 heteroatoms. The summed E-state index contributed by atoms with van der Waals surface area (Å²) in [7, 11) is 0. The van der Waals surface area contributed by atoms with Gasteiger partial charge in [0.1, 0.15) is 0 Å². The summed E-state index contributed by atoms with van der Waals surface area (Å²) in [6, 6.07) is 1.59. The van der Waals surface area contributed by atoms with E-state index in [2.05, 4.69) is 20.9 Å². The molecule has 0 aliphatic rings. The van der Waals surface area contributed by atoms with Gasteiger partial charge in [-0.25, -0.2) is 4.98 Å². The number of hydrogen-bond acceptors (Lipinski definition) is 3. The molecule has 3 N–H and O–H groups in total. The Hall–Kier alpha value is -1.03. The molecule has 3 nitrogen and oxygen atoms in total. The van der Waals surface area contributed by atoms with Crippen molar-refractivity contribution in [1.82, 2.24) is 4.98 Å². The van der Waals surface area contributed by atoms with Crippen molar-refractivity contribution in [3.05, 3.63) is 23.9 Å². The number of aromatic nitrogens is 1. The molecule has 0 fully saturated rings. The Labute approximate surface area is 85.4 Å². The molecular weight excluding hydrogens is 232 g/mol. The van der Waals surface area contributed by atoms with Gasteiger partial charge in [-0.05, 0) is 18.1 Å². The first-order valence-electron chi connectivity index (χ1n) is 3.91. The number of aromatic hydroxyl groups is 1. The molecule has 0 aliphatic heterocycles. The van der Waals surface area contributed by atoms with Crippen molar-refractivity contribution in [1.29, 1.82) is 0 Å². The van der Waals surface area contributed by atoms with Gasteiger partial charge in [0.15, 0.2) is 11.6 Å². The third kappa shape index (κ3) is 3.06. The molecule has 1 heterocycles. The maximum Gasteiger partial charge on any atom is 0.165 e. The Morgan fingerprint density at radius 3 is 3.00 bits per heavy atom. The lowest BCUT2D eigenvalue weighted by Crippen LogP contribution is -1.90. The second-order valence-corrected chi connectivity index (χ2v) is 3.35. The highest BCUT2D eigenvalue weighted by Gasteiger charge is 1.96. The Morgan fingerprint density at radius 1 is 1.62 bits per heavy atom. The molecule has 0 atom stereocenters. The second kappa shape index (κ2) is 4.87. The maximum atomic E-state index is 9.23. The van der Waals surface area contributed by atoms with E-state index in [0.29, 0.717) is 0 Å². The lowest BCUT2D eigenvalue weighted by molar-refractivity contribution is 0.475. The molecule has 0 aliphatic carbocycles. The van der Waals surface area contributed by atoms with Crippen LogP contribution in [0.1, 0.15) is 12.0 Å². The Morgan fingerprint density at radius 2 is 2.38 bits per heavy atom. The van der Waals surface area contributed by atoms with Gasteiger partial charge >= 0.3 is 0 Å². The molecule has 0 bridgehead atoms. The van der Waals surface area contributed by atoms with Gasteiger partial charge in [-0.3, -0.25) is 0 Å². The fraction of sp³-hybridized carbons (Fsp3) is 0.222. The standard InChI is InChI=1S/C9H11BrN2O/c10-4-2-1-3-7-5-8(13)9(11)12-6-7/h1,3,5-6,13H,2,4H2,(H2,11,12). The maximum absolute atomic E-state index is 9.23. The number of halogens is 1. The molecule has 70 valence electrons. The van der Waals surface area contributed by atoms with Gasteiger partial charge in [0.25, 0.3) is 0 Å². The molecule has 0 radical (unpaired) electrons. The quantitative estimate of drug-likeness (QED) is 0.800. The molecule has 13 heavy (non-hydrogen) atoms. The number of alkyl halides is 1. The highest BCUT2D eigenvalue weighted by molar-refractivity contribution is 9.09. The van der Waals surface area contributed by atoms with E-state index < -0.39 is 0 Å². The van der Waals surface area contributed by atoms with Crippen molar-refractivity contribution in [2.75, 3.05) is 11.1 Å². The van der Waals surface area contributed by atoms with E-state index in [1.807, 2.05) is 12.2 Å². The number of nitrogens with two attached hydrogens (primary N) is 1. The number of rotatable bonds is 3. The molecule has 0 aromatic carbocycles. The zero-order chi connectivity index (χ0) is 9.68. The number of nitrogen functional groups attached to an aromatic ring is 1. The highest BCUT2D eigenvalue weighted by Crippen LogP contribution is 2.18. The zero-order valence-corrected chi connectivity index (χ0v) is 8.66. The molecule has 0 saturated heterocycles. The molecule has 1 aromatic heterocycles. The van der Waals surface area contributed by atoms with Crippen LogP contribution in [0.4, 0.5) is 5.82 Å². The average Bonchev–Trinajstić information content (AvgIpc) is 2.12. The van der Waals surface area contributed by atoms with Crippen LogP contribution in [0.15, 0.2) is 18.3 Å². The third-order valence-electron chi connectivity index (χ3n) is 1.50. The molecule has 0 amide bonds. The summed E-state index contributed by atoms with van der Waals surface area (Å²) in [5.74, 6) is 0.193. The van der Waals surface area contributed by atoms with Gasteiger partial charge in [0, 0.05) is 11.5 Å². The van der Waals surface area contributed by atoms with E-state index >= 15 is 0 Å².